The average Bonchev–Trinajstić information content (AvgIpc) is 2.39. The molecule has 2 amide bonds. The number of carbonyl (C=O) groups is 1. The number of amides is 2. The summed E-state index contributed by atoms with van der Waals surface area (Å²) in [4.78, 5) is 11.6. The lowest BCUT2D eigenvalue weighted by atomic mass is 9.91. The van der Waals surface area contributed by atoms with Gasteiger partial charge in [0.15, 0.2) is 0 Å². The fourth-order valence-electron chi connectivity index (χ4n) is 1.99. The molecular formula is C14H18N2O2. The van der Waals surface area contributed by atoms with Gasteiger partial charge in [0, 0.05) is 5.69 Å². The lowest BCUT2D eigenvalue weighted by Crippen LogP contribution is -2.43. The average molecular weight is 246 g/mol. The van der Waals surface area contributed by atoms with Gasteiger partial charge < -0.3 is 15.7 Å². The number of rotatable bonds is 3. The zero-order chi connectivity index (χ0) is 12.8. The molecule has 0 heterocycles. The number of anilines is 1. The van der Waals surface area contributed by atoms with E-state index >= 15 is 0 Å². The first-order valence-corrected chi connectivity index (χ1v) is 6.18. The molecule has 0 spiro atoms. The molecule has 3 N–H and O–H groups in total. The molecule has 2 rings (SSSR count). The third-order valence-electron chi connectivity index (χ3n) is 3.00. The molecule has 0 bridgehead atoms. The zero-order valence-corrected chi connectivity index (χ0v) is 10.2. The highest BCUT2D eigenvalue weighted by Crippen LogP contribution is 2.20. The van der Waals surface area contributed by atoms with E-state index in [0.29, 0.717) is 6.42 Å². The molecule has 1 aliphatic rings. The van der Waals surface area contributed by atoms with Gasteiger partial charge in [0.25, 0.3) is 0 Å². The van der Waals surface area contributed by atoms with Gasteiger partial charge in [-0.3, -0.25) is 0 Å². The molecule has 96 valence electrons. The smallest absolute Gasteiger partial charge is 0.319 e. The van der Waals surface area contributed by atoms with Crippen LogP contribution in [0.2, 0.25) is 0 Å². The lowest BCUT2D eigenvalue weighted by molar-refractivity contribution is 0.0768. The Labute approximate surface area is 107 Å². The van der Waals surface area contributed by atoms with E-state index in [0.717, 1.165) is 18.5 Å². The third-order valence-corrected chi connectivity index (χ3v) is 3.00. The Morgan fingerprint density at radius 3 is 2.78 bits per heavy atom. The predicted octanol–water partition coefficient (Wildman–Crippen LogP) is 2.28. The van der Waals surface area contributed by atoms with Gasteiger partial charge in [-0.25, -0.2) is 4.79 Å². The fourth-order valence-corrected chi connectivity index (χ4v) is 1.99. The second-order valence-corrected chi connectivity index (χ2v) is 4.57. The molecule has 0 aromatic heterocycles. The minimum absolute atomic E-state index is 0.238. The van der Waals surface area contributed by atoms with Crippen LogP contribution in [0.4, 0.5) is 10.5 Å². The molecule has 1 aromatic rings. The summed E-state index contributed by atoms with van der Waals surface area (Å²) in [5.74, 6) is 0. The van der Waals surface area contributed by atoms with Crippen LogP contribution in [0.25, 0.3) is 0 Å². The van der Waals surface area contributed by atoms with Crippen molar-refractivity contribution >= 4 is 11.7 Å². The van der Waals surface area contributed by atoms with Crippen molar-refractivity contribution in [3.8, 4) is 0 Å². The molecule has 18 heavy (non-hydrogen) atoms. The first kappa shape index (κ1) is 12.6. The lowest BCUT2D eigenvalue weighted by Gasteiger charge is -2.27. The van der Waals surface area contributed by atoms with Crippen LogP contribution < -0.4 is 10.6 Å². The molecule has 4 nitrogen and oxygen atoms in total. The van der Waals surface area contributed by atoms with Crippen molar-refractivity contribution in [3.63, 3.8) is 0 Å². The summed E-state index contributed by atoms with van der Waals surface area (Å²) in [5.41, 5.74) is -0.159. The topological polar surface area (TPSA) is 61.4 Å². The first-order chi connectivity index (χ1) is 8.68. The van der Waals surface area contributed by atoms with Crippen molar-refractivity contribution in [1.82, 2.24) is 5.32 Å². The second kappa shape index (κ2) is 5.69. The third kappa shape index (κ3) is 3.60. The van der Waals surface area contributed by atoms with Crippen LogP contribution in [0.5, 0.6) is 0 Å². The molecule has 0 saturated carbocycles. The van der Waals surface area contributed by atoms with Crippen molar-refractivity contribution in [1.29, 1.82) is 0 Å². The van der Waals surface area contributed by atoms with Gasteiger partial charge in [-0.05, 0) is 31.4 Å². The van der Waals surface area contributed by atoms with Crippen LogP contribution in [0, 0.1) is 0 Å². The SMILES string of the molecule is O=C(NC[C@]1(O)C=CCCC1)Nc1ccccc1. The Hall–Kier alpha value is -1.81. The molecule has 1 aliphatic carbocycles. The van der Waals surface area contributed by atoms with E-state index in [9.17, 15) is 9.90 Å². The summed E-state index contributed by atoms with van der Waals surface area (Å²) < 4.78 is 0. The van der Waals surface area contributed by atoms with Gasteiger partial charge in [-0.2, -0.15) is 0 Å². The monoisotopic (exact) mass is 246 g/mol. The van der Waals surface area contributed by atoms with E-state index < -0.39 is 5.60 Å². The van der Waals surface area contributed by atoms with Gasteiger partial charge in [0.05, 0.1) is 6.54 Å². The molecular weight excluding hydrogens is 228 g/mol. The number of urea groups is 1. The summed E-state index contributed by atoms with van der Waals surface area (Å²) in [6.07, 6.45) is 6.38. The Balaban J connectivity index is 1.81. The summed E-state index contributed by atoms with van der Waals surface area (Å²) in [6, 6.07) is 8.93. The van der Waals surface area contributed by atoms with E-state index in [4.69, 9.17) is 0 Å². The Morgan fingerprint density at radius 2 is 2.11 bits per heavy atom. The zero-order valence-electron chi connectivity index (χ0n) is 10.2. The van der Waals surface area contributed by atoms with E-state index in [1.165, 1.54) is 0 Å². The van der Waals surface area contributed by atoms with Gasteiger partial charge in [-0.1, -0.05) is 30.4 Å². The van der Waals surface area contributed by atoms with Crippen LogP contribution in [-0.2, 0) is 0 Å². The summed E-state index contributed by atoms with van der Waals surface area (Å²) in [5, 5.41) is 15.6. The highest BCUT2D eigenvalue weighted by Gasteiger charge is 2.25. The van der Waals surface area contributed by atoms with Crippen LogP contribution >= 0.6 is 0 Å². The number of benzene rings is 1. The van der Waals surface area contributed by atoms with Crippen molar-refractivity contribution in [2.45, 2.75) is 24.9 Å². The summed E-state index contributed by atoms with van der Waals surface area (Å²) in [7, 11) is 0. The fraction of sp³-hybridized carbons (Fsp3) is 0.357. The Kier molecular flexibility index (Phi) is 3.99. The molecule has 0 aliphatic heterocycles. The molecule has 1 atom stereocenters. The predicted molar refractivity (Wildman–Crippen MR) is 71.4 cm³/mol. The Bertz CT molecular complexity index is 431. The maximum Gasteiger partial charge on any atom is 0.319 e. The number of hydrogen-bond donors (Lipinski definition) is 3. The molecule has 4 heteroatoms. The maximum absolute atomic E-state index is 11.6. The van der Waals surface area contributed by atoms with E-state index in [1.54, 1.807) is 6.08 Å². The summed E-state index contributed by atoms with van der Waals surface area (Å²) >= 11 is 0. The van der Waals surface area contributed by atoms with Gasteiger partial charge in [0.1, 0.15) is 5.60 Å². The van der Waals surface area contributed by atoms with Crippen molar-refractivity contribution in [2.75, 3.05) is 11.9 Å². The highest BCUT2D eigenvalue weighted by atomic mass is 16.3. The van der Waals surface area contributed by atoms with Crippen molar-refractivity contribution in [3.05, 3.63) is 42.5 Å². The second-order valence-electron chi connectivity index (χ2n) is 4.57. The molecule has 0 saturated heterocycles. The van der Waals surface area contributed by atoms with Gasteiger partial charge in [0.2, 0.25) is 0 Å². The number of aliphatic hydroxyl groups is 1. The minimum Gasteiger partial charge on any atom is -0.384 e. The molecule has 1 aromatic carbocycles. The maximum atomic E-state index is 11.6. The standard InChI is InChI=1S/C14H18N2O2/c17-13(16-12-7-3-1-4-8-12)15-11-14(18)9-5-2-6-10-14/h1,3-5,7-9,18H,2,6,10-11H2,(H2,15,16,17)/t14-/m0/s1. The van der Waals surface area contributed by atoms with Crippen molar-refractivity contribution in [2.24, 2.45) is 0 Å². The van der Waals surface area contributed by atoms with Gasteiger partial charge in [-0.15, -0.1) is 0 Å². The largest absolute Gasteiger partial charge is 0.384 e. The Morgan fingerprint density at radius 1 is 1.33 bits per heavy atom. The number of nitrogens with one attached hydrogen (secondary N) is 2. The van der Waals surface area contributed by atoms with Crippen LogP contribution in [0.15, 0.2) is 42.5 Å². The number of para-hydroxylation sites is 1. The van der Waals surface area contributed by atoms with Gasteiger partial charge >= 0.3 is 6.03 Å². The molecule has 0 fully saturated rings. The molecule has 0 radical (unpaired) electrons. The first-order valence-electron chi connectivity index (χ1n) is 6.18. The van der Waals surface area contributed by atoms with E-state index in [-0.39, 0.29) is 12.6 Å². The highest BCUT2D eigenvalue weighted by molar-refractivity contribution is 5.89. The molecule has 0 unspecified atom stereocenters. The van der Waals surface area contributed by atoms with Crippen molar-refractivity contribution < 1.29 is 9.90 Å². The number of hydrogen-bond acceptors (Lipinski definition) is 2. The quantitative estimate of drug-likeness (QED) is 0.716. The minimum atomic E-state index is -0.897. The summed E-state index contributed by atoms with van der Waals surface area (Å²) in [6.45, 7) is 0.238. The van der Waals surface area contributed by atoms with E-state index in [1.807, 2.05) is 36.4 Å². The van der Waals surface area contributed by atoms with Crippen LogP contribution in [-0.4, -0.2) is 23.3 Å². The number of carbonyl (C=O) groups excluding carboxylic acids is 1. The van der Waals surface area contributed by atoms with Crippen LogP contribution in [0.1, 0.15) is 19.3 Å². The number of allylic oxidation sites excluding steroid dienone is 1. The normalized spacial score (nSPS) is 22.5. The van der Waals surface area contributed by atoms with E-state index in [2.05, 4.69) is 10.6 Å². The van der Waals surface area contributed by atoms with Crippen LogP contribution in [0.3, 0.4) is 0 Å².